The minimum Gasteiger partial charge on any atom is -0.476 e. The highest BCUT2D eigenvalue weighted by molar-refractivity contribution is 9.11. The van der Waals surface area contributed by atoms with Crippen LogP contribution >= 0.6 is 27.3 Å². The molecule has 2 N–H and O–H groups in total. The maximum absolute atomic E-state index is 11.0. The van der Waals surface area contributed by atoms with Crippen LogP contribution in [0.3, 0.4) is 0 Å². The van der Waals surface area contributed by atoms with E-state index in [1.807, 2.05) is 30.3 Å². The summed E-state index contributed by atoms with van der Waals surface area (Å²) < 4.78 is 0.594. The molecule has 0 bridgehead atoms. The summed E-state index contributed by atoms with van der Waals surface area (Å²) in [6, 6.07) is 9.96. The van der Waals surface area contributed by atoms with Gasteiger partial charge in [-0.1, -0.05) is 30.3 Å². The number of carbonyl (C=O) groups is 1. The van der Waals surface area contributed by atoms with Gasteiger partial charge in [-0.05, 0) is 21.5 Å². The first kappa shape index (κ1) is 13.2. The van der Waals surface area contributed by atoms with Crippen molar-refractivity contribution in [2.75, 3.05) is 0 Å². The smallest absolute Gasteiger partial charge is 0.355 e. The number of nitrogens with one attached hydrogen (secondary N) is 1. The summed E-state index contributed by atoms with van der Waals surface area (Å²) in [5.74, 6) is -0.992. The average molecular weight is 327 g/mol. The van der Waals surface area contributed by atoms with Gasteiger partial charge in [-0.15, -0.1) is 11.3 Å². The second-order valence-corrected chi connectivity index (χ2v) is 5.99. The van der Waals surface area contributed by atoms with Gasteiger partial charge in [0.1, 0.15) is 0 Å². The molecule has 1 heterocycles. The first-order valence-corrected chi connectivity index (χ1v) is 6.91. The van der Waals surface area contributed by atoms with E-state index in [2.05, 4.69) is 26.2 Å². The number of thiazole rings is 1. The van der Waals surface area contributed by atoms with Crippen LogP contribution in [0.4, 0.5) is 0 Å². The zero-order valence-corrected chi connectivity index (χ0v) is 11.8. The fraction of sp³-hybridized carbons (Fsp3) is 0.167. The van der Waals surface area contributed by atoms with Crippen LogP contribution in [0.15, 0.2) is 34.2 Å². The molecule has 94 valence electrons. The van der Waals surface area contributed by atoms with E-state index in [1.165, 1.54) is 11.3 Å². The van der Waals surface area contributed by atoms with Crippen LogP contribution in [-0.4, -0.2) is 16.1 Å². The van der Waals surface area contributed by atoms with E-state index in [4.69, 9.17) is 5.11 Å². The third-order valence-corrected chi connectivity index (χ3v) is 3.84. The van der Waals surface area contributed by atoms with E-state index >= 15 is 0 Å². The number of halogens is 1. The Morgan fingerprint density at radius 1 is 1.33 bits per heavy atom. The SMILES string of the molecule is O=C(O)c1nc(Br)sc1CNCc1ccccc1. The Morgan fingerprint density at radius 3 is 2.72 bits per heavy atom. The lowest BCUT2D eigenvalue weighted by molar-refractivity contribution is 0.0690. The van der Waals surface area contributed by atoms with Crippen molar-refractivity contribution in [3.05, 3.63) is 50.4 Å². The molecule has 0 aliphatic carbocycles. The Kier molecular flexibility index (Phi) is 4.46. The zero-order valence-electron chi connectivity index (χ0n) is 9.39. The quantitative estimate of drug-likeness (QED) is 0.886. The minimum atomic E-state index is -0.992. The van der Waals surface area contributed by atoms with Crippen LogP contribution < -0.4 is 5.32 Å². The monoisotopic (exact) mass is 326 g/mol. The summed E-state index contributed by atoms with van der Waals surface area (Å²) in [6.45, 7) is 1.20. The second kappa shape index (κ2) is 6.08. The summed E-state index contributed by atoms with van der Waals surface area (Å²) in [4.78, 5) is 15.6. The number of benzene rings is 1. The second-order valence-electron chi connectivity index (χ2n) is 3.63. The van der Waals surface area contributed by atoms with Gasteiger partial charge in [0.25, 0.3) is 0 Å². The lowest BCUT2D eigenvalue weighted by Gasteiger charge is -2.03. The molecule has 0 amide bonds. The maximum Gasteiger partial charge on any atom is 0.355 e. The fourth-order valence-corrected chi connectivity index (χ4v) is 3.03. The standard InChI is InChI=1S/C12H11BrN2O2S/c13-12-15-10(11(16)17)9(18-12)7-14-6-8-4-2-1-3-5-8/h1-5,14H,6-7H2,(H,16,17). The molecular formula is C12H11BrN2O2S. The Morgan fingerprint density at radius 2 is 2.06 bits per heavy atom. The first-order valence-electron chi connectivity index (χ1n) is 5.30. The lowest BCUT2D eigenvalue weighted by Crippen LogP contribution is -2.14. The molecule has 0 aliphatic rings. The third kappa shape index (κ3) is 3.38. The van der Waals surface area contributed by atoms with E-state index in [1.54, 1.807) is 0 Å². The number of carboxylic acids is 1. The van der Waals surface area contributed by atoms with Gasteiger partial charge in [0.15, 0.2) is 9.61 Å². The van der Waals surface area contributed by atoms with Gasteiger partial charge in [-0.2, -0.15) is 0 Å². The molecule has 2 rings (SSSR count). The highest BCUT2D eigenvalue weighted by Gasteiger charge is 2.15. The van der Waals surface area contributed by atoms with Gasteiger partial charge < -0.3 is 10.4 Å². The Bertz CT molecular complexity index is 542. The van der Waals surface area contributed by atoms with Crippen LogP contribution in [0, 0.1) is 0 Å². The topological polar surface area (TPSA) is 62.2 Å². The number of carboxylic acid groups (broad SMARTS) is 1. The van der Waals surface area contributed by atoms with E-state index in [-0.39, 0.29) is 5.69 Å². The van der Waals surface area contributed by atoms with Crippen molar-refractivity contribution in [3.63, 3.8) is 0 Å². The van der Waals surface area contributed by atoms with Gasteiger partial charge in [0, 0.05) is 13.1 Å². The summed E-state index contributed by atoms with van der Waals surface area (Å²) in [7, 11) is 0. The van der Waals surface area contributed by atoms with Gasteiger partial charge in [-0.25, -0.2) is 9.78 Å². The van der Waals surface area contributed by atoms with Crippen molar-refractivity contribution < 1.29 is 9.90 Å². The zero-order chi connectivity index (χ0) is 13.0. The van der Waals surface area contributed by atoms with E-state index in [0.717, 1.165) is 10.4 Å². The fourth-order valence-electron chi connectivity index (χ4n) is 1.53. The number of aromatic carboxylic acids is 1. The van der Waals surface area contributed by atoms with Gasteiger partial charge in [0.2, 0.25) is 0 Å². The molecule has 4 nitrogen and oxygen atoms in total. The van der Waals surface area contributed by atoms with Crippen molar-refractivity contribution in [2.24, 2.45) is 0 Å². The average Bonchev–Trinajstić information content (AvgIpc) is 2.72. The van der Waals surface area contributed by atoms with Crippen molar-refractivity contribution in [1.82, 2.24) is 10.3 Å². The summed E-state index contributed by atoms with van der Waals surface area (Å²) >= 11 is 4.54. The number of hydrogen-bond donors (Lipinski definition) is 2. The van der Waals surface area contributed by atoms with Crippen molar-refractivity contribution in [2.45, 2.75) is 13.1 Å². The molecular weight excluding hydrogens is 316 g/mol. The van der Waals surface area contributed by atoms with Gasteiger partial charge in [-0.3, -0.25) is 0 Å². The minimum absolute atomic E-state index is 0.118. The first-order chi connectivity index (χ1) is 8.66. The van der Waals surface area contributed by atoms with Gasteiger partial charge >= 0.3 is 5.97 Å². The molecule has 0 saturated heterocycles. The maximum atomic E-state index is 11.0. The summed E-state index contributed by atoms with van der Waals surface area (Å²) in [5.41, 5.74) is 1.28. The Labute approximate surface area is 117 Å². The van der Waals surface area contributed by atoms with Gasteiger partial charge in [0.05, 0.1) is 4.88 Å². The predicted molar refractivity (Wildman–Crippen MR) is 73.8 cm³/mol. The van der Waals surface area contributed by atoms with E-state index in [9.17, 15) is 4.79 Å². The highest BCUT2D eigenvalue weighted by atomic mass is 79.9. The molecule has 0 saturated carbocycles. The predicted octanol–water partition coefficient (Wildman–Crippen LogP) is 2.89. The number of hydrogen-bond acceptors (Lipinski definition) is 4. The molecule has 1 aromatic heterocycles. The molecule has 1 aromatic carbocycles. The third-order valence-electron chi connectivity index (χ3n) is 2.33. The largest absolute Gasteiger partial charge is 0.476 e. The molecule has 0 atom stereocenters. The normalized spacial score (nSPS) is 10.5. The Balaban J connectivity index is 1.96. The lowest BCUT2D eigenvalue weighted by atomic mass is 10.2. The van der Waals surface area contributed by atoms with Crippen LogP contribution in [-0.2, 0) is 13.1 Å². The van der Waals surface area contributed by atoms with Crippen LogP contribution in [0.2, 0.25) is 0 Å². The van der Waals surface area contributed by atoms with Crippen LogP contribution in [0.5, 0.6) is 0 Å². The molecule has 6 heteroatoms. The summed E-state index contributed by atoms with van der Waals surface area (Å²) in [6.07, 6.45) is 0. The van der Waals surface area contributed by atoms with Crippen LogP contribution in [0.1, 0.15) is 20.9 Å². The number of rotatable bonds is 5. The Hall–Kier alpha value is -1.24. The molecule has 0 radical (unpaired) electrons. The van der Waals surface area contributed by atoms with Crippen molar-refractivity contribution in [3.8, 4) is 0 Å². The van der Waals surface area contributed by atoms with Crippen molar-refractivity contribution in [1.29, 1.82) is 0 Å². The highest BCUT2D eigenvalue weighted by Crippen LogP contribution is 2.23. The molecule has 0 unspecified atom stereocenters. The number of nitrogens with zero attached hydrogens (tertiary/aromatic N) is 1. The molecule has 2 aromatic rings. The van der Waals surface area contributed by atoms with Crippen molar-refractivity contribution >= 4 is 33.2 Å². The number of aromatic nitrogens is 1. The molecule has 0 aliphatic heterocycles. The van der Waals surface area contributed by atoms with E-state index < -0.39 is 5.97 Å². The molecule has 0 spiro atoms. The van der Waals surface area contributed by atoms with E-state index in [0.29, 0.717) is 17.0 Å². The molecule has 0 fully saturated rings. The van der Waals surface area contributed by atoms with Crippen LogP contribution in [0.25, 0.3) is 0 Å². The summed E-state index contributed by atoms with van der Waals surface area (Å²) in [5, 5.41) is 12.2. The molecule has 18 heavy (non-hydrogen) atoms.